The first-order valence-corrected chi connectivity index (χ1v) is 6.14. The van der Waals surface area contributed by atoms with Crippen molar-refractivity contribution < 1.29 is 5.11 Å². The fourth-order valence-corrected chi connectivity index (χ4v) is 2.36. The molecule has 0 aliphatic carbocycles. The Hall–Kier alpha value is -0.120. The third-order valence-electron chi connectivity index (χ3n) is 3.40. The van der Waals surface area contributed by atoms with Crippen LogP contribution in [-0.4, -0.2) is 42.3 Å². The van der Waals surface area contributed by atoms with Gasteiger partial charge in [-0.3, -0.25) is 4.90 Å². The lowest BCUT2D eigenvalue weighted by atomic mass is 9.90. The van der Waals surface area contributed by atoms with E-state index in [4.69, 9.17) is 10.8 Å². The normalized spacial score (nSPS) is 24.4. The third kappa shape index (κ3) is 4.09. The van der Waals surface area contributed by atoms with Gasteiger partial charge >= 0.3 is 0 Å². The summed E-state index contributed by atoms with van der Waals surface area (Å²) in [4.78, 5) is 2.52. The number of aliphatic hydroxyl groups excluding tert-OH is 1. The molecule has 1 unspecified atom stereocenters. The standard InChI is InChI=1S/C12H26N2O/c1-12(2,9-13)10-14-7-4-3-5-11(14)6-8-15/h11,15H,3-10,13H2,1-2H3. The average molecular weight is 214 g/mol. The van der Waals surface area contributed by atoms with Crippen LogP contribution in [0.25, 0.3) is 0 Å². The van der Waals surface area contributed by atoms with E-state index in [-0.39, 0.29) is 5.41 Å². The fourth-order valence-electron chi connectivity index (χ4n) is 2.36. The molecule has 3 heteroatoms. The highest BCUT2D eigenvalue weighted by Gasteiger charge is 2.27. The maximum absolute atomic E-state index is 9.04. The zero-order valence-electron chi connectivity index (χ0n) is 10.2. The number of piperidine rings is 1. The maximum Gasteiger partial charge on any atom is 0.0445 e. The van der Waals surface area contributed by atoms with Crippen LogP contribution >= 0.6 is 0 Å². The van der Waals surface area contributed by atoms with Gasteiger partial charge in [0, 0.05) is 19.2 Å². The van der Waals surface area contributed by atoms with Gasteiger partial charge in [-0.05, 0) is 37.8 Å². The van der Waals surface area contributed by atoms with Crippen molar-refractivity contribution in [3.63, 3.8) is 0 Å². The second-order valence-corrected chi connectivity index (χ2v) is 5.50. The summed E-state index contributed by atoms with van der Waals surface area (Å²) >= 11 is 0. The molecule has 1 atom stereocenters. The van der Waals surface area contributed by atoms with Crippen molar-refractivity contribution in [3.05, 3.63) is 0 Å². The van der Waals surface area contributed by atoms with Gasteiger partial charge in [0.1, 0.15) is 0 Å². The summed E-state index contributed by atoms with van der Waals surface area (Å²) in [5.74, 6) is 0. The van der Waals surface area contributed by atoms with E-state index in [1.807, 2.05) is 0 Å². The van der Waals surface area contributed by atoms with Crippen molar-refractivity contribution in [2.24, 2.45) is 11.1 Å². The van der Waals surface area contributed by atoms with Crippen molar-refractivity contribution in [3.8, 4) is 0 Å². The summed E-state index contributed by atoms with van der Waals surface area (Å²) in [6.07, 6.45) is 4.76. The molecular formula is C12H26N2O. The SMILES string of the molecule is CC(C)(CN)CN1CCCCC1CCO. The quantitative estimate of drug-likeness (QED) is 0.723. The number of likely N-dealkylation sites (tertiary alicyclic amines) is 1. The lowest BCUT2D eigenvalue weighted by Gasteiger charge is -2.40. The molecule has 15 heavy (non-hydrogen) atoms. The van der Waals surface area contributed by atoms with Crippen LogP contribution in [0.5, 0.6) is 0 Å². The van der Waals surface area contributed by atoms with Gasteiger partial charge in [-0.1, -0.05) is 20.3 Å². The van der Waals surface area contributed by atoms with Crippen LogP contribution in [0, 0.1) is 5.41 Å². The van der Waals surface area contributed by atoms with Crippen LogP contribution in [-0.2, 0) is 0 Å². The Bertz CT molecular complexity index is 180. The van der Waals surface area contributed by atoms with Crippen molar-refractivity contribution in [1.82, 2.24) is 4.90 Å². The van der Waals surface area contributed by atoms with E-state index in [1.54, 1.807) is 0 Å². The highest BCUT2D eigenvalue weighted by Crippen LogP contribution is 2.24. The minimum absolute atomic E-state index is 0.199. The molecule has 0 bridgehead atoms. The van der Waals surface area contributed by atoms with Crippen molar-refractivity contribution in [2.45, 2.75) is 45.6 Å². The summed E-state index contributed by atoms with van der Waals surface area (Å²) in [6, 6.07) is 0.578. The number of aliphatic hydroxyl groups is 1. The summed E-state index contributed by atoms with van der Waals surface area (Å²) in [7, 11) is 0. The van der Waals surface area contributed by atoms with Crippen LogP contribution in [0.3, 0.4) is 0 Å². The minimum atomic E-state index is 0.199. The monoisotopic (exact) mass is 214 g/mol. The fraction of sp³-hybridized carbons (Fsp3) is 1.00. The van der Waals surface area contributed by atoms with Gasteiger partial charge in [-0.25, -0.2) is 0 Å². The highest BCUT2D eigenvalue weighted by atomic mass is 16.3. The molecular weight excluding hydrogens is 188 g/mol. The number of hydrogen-bond acceptors (Lipinski definition) is 3. The van der Waals surface area contributed by atoms with E-state index in [1.165, 1.54) is 25.8 Å². The molecule has 90 valence electrons. The van der Waals surface area contributed by atoms with Gasteiger partial charge in [0.05, 0.1) is 0 Å². The van der Waals surface area contributed by atoms with E-state index in [9.17, 15) is 0 Å². The largest absolute Gasteiger partial charge is 0.396 e. The Morgan fingerprint density at radius 1 is 1.40 bits per heavy atom. The second-order valence-electron chi connectivity index (χ2n) is 5.50. The van der Waals surface area contributed by atoms with E-state index in [2.05, 4.69) is 18.7 Å². The Balaban J connectivity index is 2.48. The molecule has 1 aliphatic rings. The van der Waals surface area contributed by atoms with Gasteiger partial charge < -0.3 is 10.8 Å². The lowest BCUT2D eigenvalue weighted by Crippen LogP contribution is -2.46. The first kappa shape index (κ1) is 12.9. The zero-order chi connectivity index (χ0) is 11.3. The van der Waals surface area contributed by atoms with Gasteiger partial charge in [0.15, 0.2) is 0 Å². The molecule has 0 aromatic rings. The molecule has 1 saturated heterocycles. The van der Waals surface area contributed by atoms with E-state index >= 15 is 0 Å². The van der Waals surface area contributed by atoms with E-state index < -0.39 is 0 Å². The van der Waals surface area contributed by atoms with Crippen LogP contribution < -0.4 is 5.73 Å². The molecule has 1 heterocycles. The van der Waals surface area contributed by atoms with Gasteiger partial charge in [-0.2, -0.15) is 0 Å². The first-order valence-electron chi connectivity index (χ1n) is 6.14. The molecule has 0 aromatic carbocycles. The summed E-state index contributed by atoms with van der Waals surface area (Å²) in [5.41, 5.74) is 5.97. The van der Waals surface area contributed by atoms with E-state index in [0.29, 0.717) is 12.6 Å². The number of rotatable bonds is 5. The van der Waals surface area contributed by atoms with Crippen molar-refractivity contribution in [1.29, 1.82) is 0 Å². The van der Waals surface area contributed by atoms with Crippen LogP contribution in [0.4, 0.5) is 0 Å². The van der Waals surface area contributed by atoms with Crippen molar-refractivity contribution >= 4 is 0 Å². The predicted molar refractivity (Wildman–Crippen MR) is 63.8 cm³/mol. The molecule has 0 amide bonds. The molecule has 0 saturated carbocycles. The average Bonchev–Trinajstić information content (AvgIpc) is 2.21. The third-order valence-corrected chi connectivity index (χ3v) is 3.40. The number of nitrogens with two attached hydrogens (primary N) is 1. The highest BCUT2D eigenvalue weighted by molar-refractivity contribution is 4.82. The second kappa shape index (κ2) is 5.83. The Labute approximate surface area is 93.6 Å². The summed E-state index contributed by atoms with van der Waals surface area (Å²) in [5, 5.41) is 9.04. The zero-order valence-corrected chi connectivity index (χ0v) is 10.2. The topological polar surface area (TPSA) is 49.5 Å². The van der Waals surface area contributed by atoms with Crippen LogP contribution in [0.15, 0.2) is 0 Å². The van der Waals surface area contributed by atoms with Gasteiger partial charge in [0.25, 0.3) is 0 Å². The van der Waals surface area contributed by atoms with Crippen LogP contribution in [0.1, 0.15) is 39.5 Å². The van der Waals surface area contributed by atoms with Crippen LogP contribution in [0.2, 0.25) is 0 Å². The number of hydrogen-bond donors (Lipinski definition) is 2. The van der Waals surface area contributed by atoms with Gasteiger partial charge in [-0.15, -0.1) is 0 Å². The van der Waals surface area contributed by atoms with Gasteiger partial charge in [0.2, 0.25) is 0 Å². The Morgan fingerprint density at radius 2 is 2.13 bits per heavy atom. The predicted octanol–water partition coefficient (Wildman–Crippen LogP) is 1.21. The molecule has 1 aliphatic heterocycles. The lowest BCUT2D eigenvalue weighted by molar-refractivity contribution is 0.0813. The summed E-state index contributed by atoms with van der Waals surface area (Å²) < 4.78 is 0. The first-order chi connectivity index (χ1) is 7.09. The molecule has 1 fully saturated rings. The van der Waals surface area contributed by atoms with E-state index in [0.717, 1.165) is 19.5 Å². The Kier molecular flexibility index (Phi) is 5.03. The molecule has 0 aromatic heterocycles. The minimum Gasteiger partial charge on any atom is -0.396 e. The molecule has 1 rings (SSSR count). The molecule has 3 N–H and O–H groups in total. The maximum atomic E-state index is 9.04. The molecule has 0 spiro atoms. The number of nitrogens with zero attached hydrogens (tertiary/aromatic N) is 1. The molecule has 0 radical (unpaired) electrons. The Morgan fingerprint density at radius 3 is 2.73 bits per heavy atom. The summed E-state index contributed by atoms with van der Waals surface area (Å²) in [6.45, 7) is 7.72. The molecule has 3 nitrogen and oxygen atoms in total. The van der Waals surface area contributed by atoms with Crippen molar-refractivity contribution in [2.75, 3.05) is 26.2 Å². The smallest absolute Gasteiger partial charge is 0.0445 e.